The van der Waals surface area contributed by atoms with Gasteiger partial charge in [-0.1, -0.05) is 62.1 Å². The summed E-state index contributed by atoms with van der Waals surface area (Å²) in [6.07, 6.45) is 13.3. The van der Waals surface area contributed by atoms with Crippen molar-refractivity contribution in [2.45, 2.75) is 46.5 Å². The summed E-state index contributed by atoms with van der Waals surface area (Å²) in [5.74, 6) is -2.51. The Kier molecular flexibility index (Phi) is 8.29. The average Bonchev–Trinajstić information content (AvgIpc) is 3.61. The monoisotopic (exact) mass is 706 g/mol. The summed E-state index contributed by atoms with van der Waals surface area (Å²) in [7, 11) is 0. The van der Waals surface area contributed by atoms with Crippen LogP contribution in [-0.2, 0) is 19.8 Å². The van der Waals surface area contributed by atoms with Gasteiger partial charge in [-0.2, -0.15) is 0 Å². The molecule has 0 radical (unpaired) electrons. The topological polar surface area (TPSA) is 165 Å². The van der Waals surface area contributed by atoms with Crippen LogP contribution in [0.25, 0.3) is 29.4 Å². The molecule has 4 heterocycles. The number of nitrogens with zero attached hydrogens (tertiary/aromatic N) is 1. The number of carbonyl (C=O) groups is 4. The molecule has 5 N–H and O–H groups in total. The second-order valence-electron chi connectivity index (χ2n) is 14.0. The molecular weight excluding hydrogens is 668 g/mol. The van der Waals surface area contributed by atoms with E-state index < -0.39 is 17.4 Å². The minimum Gasteiger partial charge on any atom is -0.478 e. The Hall–Kier alpha value is -6.55. The van der Waals surface area contributed by atoms with Crippen molar-refractivity contribution in [3.63, 3.8) is 0 Å². The highest BCUT2D eigenvalue weighted by Gasteiger charge is 2.51. The van der Waals surface area contributed by atoms with Crippen LogP contribution in [0.4, 0.5) is 0 Å². The summed E-state index contributed by atoms with van der Waals surface area (Å²) in [6, 6.07) is 6.66. The quantitative estimate of drug-likeness (QED) is 0.194. The maximum absolute atomic E-state index is 12.6. The fraction of sp³-hybridized carbons (Fsp3) is 0.186. The lowest BCUT2D eigenvalue weighted by molar-refractivity contribution is -0.132. The Morgan fingerprint density at radius 2 is 1.57 bits per heavy atom. The van der Waals surface area contributed by atoms with Crippen LogP contribution in [-0.4, -0.2) is 49.6 Å². The van der Waals surface area contributed by atoms with E-state index in [-0.39, 0.29) is 23.3 Å². The number of carboxylic acid groups (broad SMARTS) is 2. The minimum atomic E-state index is -1.03. The lowest BCUT2D eigenvalue weighted by Crippen LogP contribution is -2.31. The van der Waals surface area contributed by atoms with Crippen molar-refractivity contribution in [2.75, 3.05) is 0 Å². The fourth-order valence-corrected chi connectivity index (χ4v) is 7.94. The number of nitrogens with one attached hydrogen (secondary N) is 3. The molecule has 1 fully saturated rings. The predicted molar refractivity (Wildman–Crippen MR) is 204 cm³/mol. The molecule has 2 amide bonds. The number of aromatic nitrogens is 2. The van der Waals surface area contributed by atoms with Crippen LogP contribution in [0.1, 0.15) is 65.6 Å². The van der Waals surface area contributed by atoms with E-state index >= 15 is 0 Å². The minimum absolute atomic E-state index is 0.0172. The molecule has 2 aromatic heterocycles. The number of rotatable bonds is 9. The standard InChI is InChI=1S/C43H38N4O6/c1-8-26-20(3)39(48)46-33(26)17-31-22(5)37(24-10-12-25(13-11-24)41(50)51)35(44-31)19-36-38(43(7)15-14-28(42(52)53)29-16-30(29)43)23(6)32(45-36)18-34-27(9-2)21(4)40(49)47-34/h8-15,17-19,30,44-45H,1-2,16H2,3-7H3,(H,46,48)(H,50,51)(H,52,53)/b32-18?,33-17-,36-19?. The molecule has 7 rings (SSSR count). The zero-order valence-electron chi connectivity index (χ0n) is 30.0. The number of carboxylic acids is 2. The first kappa shape index (κ1) is 34.9. The molecule has 53 heavy (non-hydrogen) atoms. The van der Waals surface area contributed by atoms with Crippen LogP contribution in [0.3, 0.4) is 0 Å². The Balaban J connectivity index is 1.50. The number of H-pyrrole nitrogens is 2. The number of aliphatic carboxylic acids is 1. The molecule has 1 aromatic carbocycles. The van der Waals surface area contributed by atoms with Gasteiger partial charge < -0.3 is 25.5 Å². The second kappa shape index (κ2) is 12.6. The van der Waals surface area contributed by atoms with Crippen molar-refractivity contribution < 1.29 is 29.4 Å². The van der Waals surface area contributed by atoms with E-state index in [1.165, 1.54) is 0 Å². The van der Waals surface area contributed by atoms with Gasteiger partial charge in [0, 0.05) is 55.4 Å². The van der Waals surface area contributed by atoms with Gasteiger partial charge in [-0.15, -0.1) is 0 Å². The highest BCUT2D eigenvalue weighted by Crippen LogP contribution is 2.56. The number of amides is 2. The number of carbonyl (C=O) groups excluding carboxylic acids is 2. The molecular formula is C43H38N4O6. The van der Waals surface area contributed by atoms with Gasteiger partial charge in [0.1, 0.15) is 0 Å². The maximum Gasteiger partial charge on any atom is 0.335 e. The largest absolute Gasteiger partial charge is 0.478 e. The molecule has 10 nitrogen and oxygen atoms in total. The number of aliphatic imine (C=N–C) groups is 1. The summed E-state index contributed by atoms with van der Waals surface area (Å²) in [5, 5.41) is 23.9. The van der Waals surface area contributed by atoms with Crippen LogP contribution in [0, 0.1) is 19.8 Å². The number of allylic oxidation sites excluding steroid dienone is 5. The molecule has 2 atom stereocenters. The molecule has 3 aromatic rings. The molecule has 1 saturated carbocycles. The van der Waals surface area contributed by atoms with Gasteiger partial charge in [0.05, 0.1) is 22.5 Å². The van der Waals surface area contributed by atoms with Crippen molar-refractivity contribution in [3.05, 3.63) is 145 Å². The van der Waals surface area contributed by atoms with Gasteiger partial charge in [-0.3, -0.25) is 9.59 Å². The number of hydrogen-bond acceptors (Lipinski definition) is 4. The van der Waals surface area contributed by atoms with Crippen LogP contribution < -0.4 is 16.0 Å². The molecule has 2 unspecified atom stereocenters. The molecule has 10 heteroatoms. The first-order valence-electron chi connectivity index (χ1n) is 17.2. The Morgan fingerprint density at radius 1 is 0.868 bits per heavy atom. The fourth-order valence-electron chi connectivity index (χ4n) is 7.94. The average molecular weight is 707 g/mol. The lowest BCUT2D eigenvalue weighted by Gasteiger charge is -2.29. The predicted octanol–water partition coefficient (Wildman–Crippen LogP) is 5.62. The molecule has 2 aliphatic heterocycles. The van der Waals surface area contributed by atoms with Crippen molar-refractivity contribution in [1.29, 1.82) is 0 Å². The lowest BCUT2D eigenvalue weighted by atomic mass is 9.74. The first-order chi connectivity index (χ1) is 25.2. The van der Waals surface area contributed by atoms with Gasteiger partial charge in [-0.25, -0.2) is 14.6 Å². The van der Waals surface area contributed by atoms with Crippen molar-refractivity contribution >= 4 is 47.7 Å². The SMILES string of the molecule is C=CC1=C(C)C(=O)N=C1C=c1[nH]c(=Cc2[nH]c(/C=C3\NC(=O)C(C)=C3C=C)c(C)c2-c2ccc(C(=O)O)cc2)c(C2(C)C=CC(C(=O)O)=C3CC32)c1C. The summed E-state index contributed by atoms with van der Waals surface area (Å²) < 4.78 is 0. The molecule has 0 spiro atoms. The van der Waals surface area contributed by atoms with Crippen molar-refractivity contribution in [3.8, 4) is 11.1 Å². The number of hydrogen-bond donors (Lipinski definition) is 5. The van der Waals surface area contributed by atoms with Gasteiger partial charge in [0.15, 0.2) is 0 Å². The second-order valence-corrected chi connectivity index (χ2v) is 14.0. The summed E-state index contributed by atoms with van der Waals surface area (Å²) in [5.41, 5.74) is 10.2. The molecule has 0 bridgehead atoms. The molecule has 0 saturated heterocycles. The number of aromatic carboxylic acids is 1. The molecule has 4 aliphatic rings. The Morgan fingerprint density at radius 3 is 2.21 bits per heavy atom. The normalized spacial score (nSPS) is 22.2. The molecule has 266 valence electrons. The van der Waals surface area contributed by atoms with E-state index in [2.05, 4.69) is 40.4 Å². The third-order valence-corrected chi connectivity index (χ3v) is 10.9. The zero-order chi connectivity index (χ0) is 38.1. The van der Waals surface area contributed by atoms with E-state index in [0.29, 0.717) is 51.4 Å². The summed E-state index contributed by atoms with van der Waals surface area (Å²) >= 11 is 0. The Labute approximate surface area is 305 Å². The van der Waals surface area contributed by atoms with Gasteiger partial charge in [0.25, 0.3) is 11.8 Å². The number of benzene rings is 1. The third-order valence-electron chi connectivity index (χ3n) is 10.9. The van der Waals surface area contributed by atoms with Crippen molar-refractivity contribution in [1.82, 2.24) is 15.3 Å². The van der Waals surface area contributed by atoms with E-state index in [1.54, 1.807) is 56.3 Å². The number of fused-ring (bicyclic) bond motifs is 1. The van der Waals surface area contributed by atoms with E-state index in [1.807, 2.05) is 38.2 Å². The summed E-state index contributed by atoms with van der Waals surface area (Å²) in [4.78, 5) is 60.4. The zero-order valence-corrected chi connectivity index (χ0v) is 30.0. The Bertz CT molecular complexity index is 2580. The van der Waals surface area contributed by atoms with Crippen LogP contribution >= 0.6 is 0 Å². The first-order valence-corrected chi connectivity index (χ1v) is 17.2. The van der Waals surface area contributed by atoms with E-state index in [4.69, 9.17) is 0 Å². The van der Waals surface area contributed by atoms with Gasteiger partial charge in [0.2, 0.25) is 0 Å². The van der Waals surface area contributed by atoms with Crippen LogP contribution in [0.15, 0.2) is 106 Å². The van der Waals surface area contributed by atoms with Crippen LogP contribution in [0.5, 0.6) is 0 Å². The van der Waals surface area contributed by atoms with Gasteiger partial charge in [-0.05, 0) is 92.6 Å². The smallest absolute Gasteiger partial charge is 0.335 e. The van der Waals surface area contributed by atoms with E-state index in [9.17, 15) is 29.4 Å². The third kappa shape index (κ3) is 5.63. The van der Waals surface area contributed by atoms with E-state index in [0.717, 1.165) is 49.8 Å². The highest BCUT2D eigenvalue weighted by molar-refractivity contribution is 6.32. The maximum atomic E-state index is 12.6. The number of aromatic amines is 2. The highest BCUT2D eigenvalue weighted by atomic mass is 16.4. The molecule has 2 aliphatic carbocycles. The van der Waals surface area contributed by atoms with Crippen LogP contribution in [0.2, 0.25) is 0 Å². The summed E-state index contributed by atoms with van der Waals surface area (Å²) in [6.45, 7) is 17.3. The van der Waals surface area contributed by atoms with Crippen molar-refractivity contribution in [2.24, 2.45) is 10.9 Å². The van der Waals surface area contributed by atoms with Gasteiger partial charge >= 0.3 is 11.9 Å².